The number of carbonyl (C=O) groups excluding carboxylic acids is 1. The molecule has 0 aliphatic carbocycles. The molecular formula is C21H25NO2. The number of carbonyl (C=O) groups is 1. The van der Waals surface area contributed by atoms with Crippen molar-refractivity contribution in [3.8, 4) is 0 Å². The van der Waals surface area contributed by atoms with E-state index in [1.54, 1.807) is 0 Å². The average molecular weight is 323 g/mol. The minimum Gasteiger partial charge on any atom is -0.459 e. The first-order valence-corrected chi connectivity index (χ1v) is 8.54. The maximum atomic E-state index is 12.6. The first-order valence-electron chi connectivity index (χ1n) is 8.54. The van der Waals surface area contributed by atoms with E-state index < -0.39 is 5.60 Å². The van der Waals surface area contributed by atoms with Crippen LogP contribution in [0.3, 0.4) is 0 Å². The molecule has 1 aliphatic rings. The summed E-state index contributed by atoms with van der Waals surface area (Å²) in [6.45, 7) is 6.65. The highest BCUT2D eigenvalue weighted by molar-refractivity contribution is 5.77. The number of esters is 1. The van der Waals surface area contributed by atoms with Crippen molar-refractivity contribution in [1.29, 1.82) is 0 Å². The number of hydrogen-bond donors (Lipinski definition) is 0. The number of likely N-dealkylation sites (tertiary alicyclic amines) is 1. The zero-order valence-corrected chi connectivity index (χ0v) is 14.6. The summed E-state index contributed by atoms with van der Waals surface area (Å²) in [6.07, 6.45) is 0.852. The van der Waals surface area contributed by atoms with E-state index in [1.165, 1.54) is 11.1 Å². The van der Waals surface area contributed by atoms with Gasteiger partial charge in [-0.15, -0.1) is 0 Å². The molecule has 0 bridgehead atoms. The van der Waals surface area contributed by atoms with Gasteiger partial charge in [0.2, 0.25) is 0 Å². The average Bonchev–Trinajstić information content (AvgIpc) is 2.51. The van der Waals surface area contributed by atoms with Crippen LogP contribution in [0.2, 0.25) is 0 Å². The van der Waals surface area contributed by atoms with Crippen LogP contribution in [0.25, 0.3) is 0 Å². The summed E-state index contributed by atoms with van der Waals surface area (Å²) in [5.41, 5.74) is 1.96. The van der Waals surface area contributed by atoms with Gasteiger partial charge in [-0.25, -0.2) is 0 Å². The van der Waals surface area contributed by atoms with Gasteiger partial charge in [-0.2, -0.15) is 0 Å². The van der Waals surface area contributed by atoms with Gasteiger partial charge in [0.05, 0.1) is 6.04 Å². The third kappa shape index (κ3) is 3.68. The quantitative estimate of drug-likeness (QED) is 0.790. The molecule has 126 valence electrons. The molecule has 1 fully saturated rings. The second-order valence-corrected chi connectivity index (χ2v) is 7.30. The van der Waals surface area contributed by atoms with Crippen molar-refractivity contribution in [1.82, 2.24) is 4.90 Å². The van der Waals surface area contributed by atoms with Crippen molar-refractivity contribution >= 4 is 5.97 Å². The predicted molar refractivity (Wildman–Crippen MR) is 95.7 cm³/mol. The highest BCUT2D eigenvalue weighted by Crippen LogP contribution is 2.36. The lowest BCUT2D eigenvalue weighted by Gasteiger charge is -2.45. The highest BCUT2D eigenvalue weighted by Gasteiger charge is 2.41. The summed E-state index contributed by atoms with van der Waals surface area (Å²) < 4.78 is 5.61. The minimum atomic E-state index is -0.451. The smallest absolute Gasteiger partial charge is 0.323 e. The van der Waals surface area contributed by atoms with Crippen LogP contribution >= 0.6 is 0 Å². The number of nitrogens with zero attached hydrogens (tertiary/aromatic N) is 1. The Bertz CT molecular complexity index is 636. The Hall–Kier alpha value is -2.13. The molecule has 1 unspecified atom stereocenters. The molecule has 3 rings (SSSR count). The molecule has 0 radical (unpaired) electrons. The largest absolute Gasteiger partial charge is 0.459 e. The van der Waals surface area contributed by atoms with Crippen LogP contribution in [0.1, 0.15) is 44.4 Å². The number of rotatable bonds is 4. The Kier molecular flexibility index (Phi) is 4.72. The molecule has 24 heavy (non-hydrogen) atoms. The predicted octanol–water partition coefficient (Wildman–Crippen LogP) is 4.19. The lowest BCUT2D eigenvalue weighted by Crippen LogP contribution is -2.55. The standard InChI is InChI=1S/C21H25NO2/c1-21(2,3)24-20(23)18-14-15-22(18)19(16-10-6-4-7-11-16)17-12-8-5-9-13-17/h4-13,18-19H,14-15H2,1-3H3. The van der Waals surface area contributed by atoms with Gasteiger partial charge in [0.1, 0.15) is 11.6 Å². The monoisotopic (exact) mass is 323 g/mol. The summed E-state index contributed by atoms with van der Waals surface area (Å²) >= 11 is 0. The molecule has 1 atom stereocenters. The maximum absolute atomic E-state index is 12.6. The van der Waals surface area contributed by atoms with E-state index in [9.17, 15) is 4.79 Å². The Morgan fingerprint density at radius 3 is 1.88 bits per heavy atom. The van der Waals surface area contributed by atoms with Crippen molar-refractivity contribution in [2.24, 2.45) is 0 Å². The van der Waals surface area contributed by atoms with Gasteiger partial charge in [-0.3, -0.25) is 9.69 Å². The minimum absolute atomic E-state index is 0.0821. The highest BCUT2D eigenvalue weighted by atomic mass is 16.6. The van der Waals surface area contributed by atoms with E-state index in [4.69, 9.17) is 4.74 Å². The zero-order chi connectivity index (χ0) is 17.2. The van der Waals surface area contributed by atoms with Gasteiger partial charge < -0.3 is 4.74 Å². The zero-order valence-electron chi connectivity index (χ0n) is 14.6. The van der Waals surface area contributed by atoms with E-state index in [0.29, 0.717) is 0 Å². The molecule has 0 aromatic heterocycles. The van der Waals surface area contributed by atoms with Crippen LogP contribution in [-0.4, -0.2) is 29.1 Å². The van der Waals surface area contributed by atoms with Crippen LogP contribution in [0.4, 0.5) is 0 Å². The summed E-state index contributed by atoms with van der Waals surface area (Å²) in [7, 11) is 0. The van der Waals surface area contributed by atoms with Crippen molar-refractivity contribution < 1.29 is 9.53 Å². The third-order valence-electron chi connectivity index (χ3n) is 4.30. The van der Waals surface area contributed by atoms with E-state index in [2.05, 4.69) is 29.2 Å². The molecule has 2 aromatic rings. The molecule has 1 aliphatic heterocycles. The molecule has 1 saturated heterocycles. The van der Waals surface area contributed by atoms with Gasteiger partial charge in [0.25, 0.3) is 0 Å². The lowest BCUT2D eigenvalue weighted by atomic mass is 9.90. The first kappa shape index (κ1) is 16.7. The van der Waals surface area contributed by atoms with E-state index in [0.717, 1.165) is 13.0 Å². The van der Waals surface area contributed by atoms with E-state index >= 15 is 0 Å². The van der Waals surface area contributed by atoms with Crippen LogP contribution < -0.4 is 0 Å². The first-order chi connectivity index (χ1) is 11.5. The van der Waals surface area contributed by atoms with Crippen molar-refractivity contribution in [3.05, 3.63) is 71.8 Å². The molecule has 0 amide bonds. The summed E-state index contributed by atoms with van der Waals surface area (Å²) in [6, 6.07) is 20.7. The topological polar surface area (TPSA) is 29.5 Å². The Morgan fingerprint density at radius 1 is 1.00 bits per heavy atom. The Balaban J connectivity index is 1.88. The van der Waals surface area contributed by atoms with Gasteiger partial charge in [-0.1, -0.05) is 60.7 Å². The second kappa shape index (κ2) is 6.78. The molecular weight excluding hydrogens is 298 g/mol. The second-order valence-electron chi connectivity index (χ2n) is 7.30. The van der Waals surface area contributed by atoms with Crippen LogP contribution in [0.5, 0.6) is 0 Å². The van der Waals surface area contributed by atoms with Gasteiger partial charge >= 0.3 is 5.97 Å². The normalized spacial score (nSPS) is 18.2. The van der Waals surface area contributed by atoms with Crippen molar-refractivity contribution in [2.45, 2.75) is 44.9 Å². The number of ether oxygens (including phenoxy) is 1. The Labute approximate surface area is 144 Å². The fourth-order valence-corrected chi connectivity index (χ4v) is 3.19. The van der Waals surface area contributed by atoms with Gasteiger partial charge in [0.15, 0.2) is 0 Å². The van der Waals surface area contributed by atoms with Crippen LogP contribution in [-0.2, 0) is 9.53 Å². The van der Waals surface area contributed by atoms with E-state index in [1.807, 2.05) is 57.2 Å². The van der Waals surface area contributed by atoms with Crippen LogP contribution in [0, 0.1) is 0 Å². The molecule has 0 N–H and O–H groups in total. The molecule has 0 spiro atoms. The fraction of sp³-hybridized carbons (Fsp3) is 0.381. The Morgan fingerprint density at radius 2 is 1.50 bits per heavy atom. The molecule has 0 saturated carbocycles. The summed E-state index contributed by atoms with van der Waals surface area (Å²) in [5.74, 6) is -0.120. The van der Waals surface area contributed by atoms with E-state index in [-0.39, 0.29) is 18.1 Å². The lowest BCUT2D eigenvalue weighted by molar-refractivity contribution is -0.167. The number of benzene rings is 2. The third-order valence-corrected chi connectivity index (χ3v) is 4.30. The molecule has 1 heterocycles. The van der Waals surface area contributed by atoms with Crippen molar-refractivity contribution in [3.63, 3.8) is 0 Å². The van der Waals surface area contributed by atoms with Crippen LogP contribution in [0.15, 0.2) is 60.7 Å². The summed E-state index contributed by atoms with van der Waals surface area (Å²) in [4.78, 5) is 14.8. The fourth-order valence-electron chi connectivity index (χ4n) is 3.19. The van der Waals surface area contributed by atoms with Gasteiger partial charge in [-0.05, 0) is 38.3 Å². The SMILES string of the molecule is CC(C)(C)OC(=O)C1CCN1C(c1ccccc1)c1ccccc1. The van der Waals surface area contributed by atoms with Crippen molar-refractivity contribution in [2.75, 3.05) is 6.54 Å². The van der Waals surface area contributed by atoms with Gasteiger partial charge in [0, 0.05) is 6.54 Å². The molecule has 3 heteroatoms. The maximum Gasteiger partial charge on any atom is 0.323 e. The summed E-state index contributed by atoms with van der Waals surface area (Å²) in [5, 5.41) is 0. The molecule has 3 nitrogen and oxygen atoms in total. The molecule has 2 aromatic carbocycles. The number of hydrogen-bond acceptors (Lipinski definition) is 3.